The van der Waals surface area contributed by atoms with Crippen molar-refractivity contribution in [3.8, 4) is 5.75 Å². The molecular weight excluding hydrogens is 268 g/mol. The number of amides is 1. The minimum Gasteiger partial charge on any atom is -0.497 e. The van der Waals surface area contributed by atoms with Crippen molar-refractivity contribution in [3.63, 3.8) is 0 Å². The van der Waals surface area contributed by atoms with Gasteiger partial charge >= 0.3 is 0 Å². The fourth-order valence-corrected chi connectivity index (χ4v) is 3.13. The summed E-state index contributed by atoms with van der Waals surface area (Å²) < 4.78 is 10.6. The van der Waals surface area contributed by atoms with E-state index < -0.39 is 5.54 Å². The van der Waals surface area contributed by atoms with Crippen LogP contribution >= 0.6 is 0 Å². The maximum Gasteiger partial charge on any atom is 0.247 e. The van der Waals surface area contributed by atoms with E-state index in [1.165, 1.54) is 0 Å². The molecular formula is C16H22N2O3. The highest BCUT2D eigenvalue weighted by atomic mass is 16.5. The van der Waals surface area contributed by atoms with Gasteiger partial charge in [-0.25, -0.2) is 0 Å². The van der Waals surface area contributed by atoms with Crippen molar-refractivity contribution in [2.45, 2.75) is 31.2 Å². The van der Waals surface area contributed by atoms with Gasteiger partial charge in [0, 0.05) is 25.4 Å². The van der Waals surface area contributed by atoms with Gasteiger partial charge in [-0.15, -0.1) is 0 Å². The van der Waals surface area contributed by atoms with Gasteiger partial charge in [0.05, 0.1) is 7.11 Å². The van der Waals surface area contributed by atoms with E-state index in [0.717, 1.165) is 36.4 Å². The van der Waals surface area contributed by atoms with E-state index in [1.807, 2.05) is 23.1 Å². The van der Waals surface area contributed by atoms with E-state index >= 15 is 0 Å². The number of aryl methyl sites for hydroxylation is 1. The molecule has 2 heterocycles. The first kappa shape index (κ1) is 14.4. The maximum atomic E-state index is 12.9. The summed E-state index contributed by atoms with van der Waals surface area (Å²) >= 11 is 0. The minimum absolute atomic E-state index is 0.0249. The van der Waals surface area contributed by atoms with Crippen LogP contribution in [-0.2, 0) is 16.0 Å². The minimum atomic E-state index is -0.785. The summed E-state index contributed by atoms with van der Waals surface area (Å²) in [5, 5.41) is 0. The molecule has 0 aliphatic carbocycles. The molecule has 1 saturated heterocycles. The number of carbonyl (C=O) groups excluding carboxylic acids is 1. The smallest absolute Gasteiger partial charge is 0.247 e. The van der Waals surface area contributed by atoms with Gasteiger partial charge in [0.25, 0.3) is 0 Å². The summed E-state index contributed by atoms with van der Waals surface area (Å²) in [7, 11) is 1.66. The molecule has 1 aromatic carbocycles. The number of anilines is 1. The van der Waals surface area contributed by atoms with E-state index in [1.54, 1.807) is 7.11 Å². The van der Waals surface area contributed by atoms with Gasteiger partial charge in [0.2, 0.25) is 5.91 Å². The number of nitrogens with zero attached hydrogens (tertiary/aromatic N) is 1. The summed E-state index contributed by atoms with van der Waals surface area (Å²) in [4.78, 5) is 14.8. The lowest BCUT2D eigenvalue weighted by atomic mass is 9.88. The average molecular weight is 290 g/mol. The van der Waals surface area contributed by atoms with E-state index in [2.05, 4.69) is 0 Å². The van der Waals surface area contributed by atoms with Crippen molar-refractivity contribution >= 4 is 11.6 Å². The third-order valence-electron chi connectivity index (χ3n) is 4.46. The van der Waals surface area contributed by atoms with Gasteiger partial charge in [-0.3, -0.25) is 4.79 Å². The number of ether oxygens (including phenoxy) is 2. The van der Waals surface area contributed by atoms with Crippen molar-refractivity contribution in [1.29, 1.82) is 0 Å². The van der Waals surface area contributed by atoms with Crippen LogP contribution in [0.3, 0.4) is 0 Å². The van der Waals surface area contributed by atoms with Crippen molar-refractivity contribution in [1.82, 2.24) is 0 Å². The number of carbonyl (C=O) groups is 1. The first-order valence-corrected chi connectivity index (χ1v) is 7.49. The van der Waals surface area contributed by atoms with Crippen molar-refractivity contribution < 1.29 is 14.3 Å². The quantitative estimate of drug-likeness (QED) is 0.896. The zero-order valence-electron chi connectivity index (χ0n) is 12.4. The Balaban J connectivity index is 1.89. The Kier molecular flexibility index (Phi) is 3.87. The Labute approximate surface area is 125 Å². The van der Waals surface area contributed by atoms with E-state index in [-0.39, 0.29) is 5.91 Å². The summed E-state index contributed by atoms with van der Waals surface area (Å²) in [6.45, 7) is 1.86. The molecule has 2 aliphatic heterocycles. The van der Waals surface area contributed by atoms with Crippen LogP contribution < -0.4 is 15.4 Å². The lowest BCUT2D eigenvalue weighted by Crippen LogP contribution is -2.59. The Bertz CT molecular complexity index is 538. The highest BCUT2D eigenvalue weighted by molar-refractivity contribution is 6.01. The fraction of sp³-hybridized carbons (Fsp3) is 0.562. The second-order valence-corrected chi connectivity index (χ2v) is 5.82. The normalized spacial score (nSPS) is 20.8. The predicted molar refractivity (Wildman–Crippen MR) is 80.6 cm³/mol. The molecule has 0 unspecified atom stereocenters. The molecule has 0 saturated carbocycles. The van der Waals surface area contributed by atoms with Crippen LogP contribution in [0.15, 0.2) is 18.2 Å². The van der Waals surface area contributed by atoms with Crippen LogP contribution in [0.4, 0.5) is 5.69 Å². The summed E-state index contributed by atoms with van der Waals surface area (Å²) in [6, 6.07) is 5.88. The number of benzene rings is 1. The molecule has 21 heavy (non-hydrogen) atoms. The molecule has 2 N–H and O–H groups in total. The Morgan fingerprint density at radius 1 is 1.38 bits per heavy atom. The van der Waals surface area contributed by atoms with Gasteiger partial charge < -0.3 is 20.1 Å². The fourth-order valence-electron chi connectivity index (χ4n) is 3.13. The Morgan fingerprint density at radius 3 is 2.86 bits per heavy atom. The summed E-state index contributed by atoms with van der Waals surface area (Å²) in [5.74, 6) is 0.855. The van der Waals surface area contributed by atoms with Crippen LogP contribution in [0.25, 0.3) is 0 Å². The topological polar surface area (TPSA) is 64.8 Å². The van der Waals surface area contributed by atoms with E-state index in [0.29, 0.717) is 26.1 Å². The molecule has 1 aromatic rings. The lowest BCUT2D eigenvalue weighted by molar-refractivity contribution is -0.127. The van der Waals surface area contributed by atoms with E-state index in [9.17, 15) is 4.79 Å². The van der Waals surface area contributed by atoms with Gasteiger partial charge in [0.15, 0.2) is 0 Å². The molecule has 5 heteroatoms. The summed E-state index contributed by atoms with van der Waals surface area (Å²) in [5.41, 5.74) is 7.70. The van der Waals surface area contributed by atoms with Gasteiger partial charge in [-0.2, -0.15) is 0 Å². The second kappa shape index (κ2) is 5.66. The van der Waals surface area contributed by atoms with Crippen molar-refractivity contribution in [2.75, 3.05) is 31.8 Å². The number of rotatable bonds is 2. The largest absolute Gasteiger partial charge is 0.497 e. The zero-order valence-corrected chi connectivity index (χ0v) is 12.4. The van der Waals surface area contributed by atoms with Crippen LogP contribution in [0, 0.1) is 0 Å². The standard InChI is InChI=1S/C16H22N2O3/c1-20-13-4-5-14-12(11-13)3-2-8-18(14)15(19)16(17)6-9-21-10-7-16/h4-5,11H,2-3,6-10,17H2,1H3. The maximum absolute atomic E-state index is 12.9. The molecule has 0 spiro atoms. The number of methoxy groups -OCH3 is 1. The monoisotopic (exact) mass is 290 g/mol. The molecule has 0 aromatic heterocycles. The first-order valence-electron chi connectivity index (χ1n) is 7.49. The second-order valence-electron chi connectivity index (χ2n) is 5.82. The SMILES string of the molecule is COc1ccc2c(c1)CCCN2C(=O)C1(N)CCOCC1. The number of fused-ring (bicyclic) bond motifs is 1. The molecule has 0 bridgehead atoms. The number of hydrogen-bond acceptors (Lipinski definition) is 4. The van der Waals surface area contributed by atoms with Gasteiger partial charge in [-0.1, -0.05) is 0 Å². The Morgan fingerprint density at radius 2 is 2.14 bits per heavy atom. The Hall–Kier alpha value is -1.59. The average Bonchev–Trinajstić information content (AvgIpc) is 2.53. The molecule has 114 valence electrons. The van der Waals surface area contributed by atoms with E-state index in [4.69, 9.17) is 15.2 Å². The van der Waals surface area contributed by atoms with Crippen LogP contribution in [0.1, 0.15) is 24.8 Å². The molecule has 0 radical (unpaired) electrons. The zero-order chi connectivity index (χ0) is 14.9. The molecule has 0 atom stereocenters. The molecule has 2 aliphatic rings. The third-order valence-corrected chi connectivity index (χ3v) is 4.46. The highest BCUT2D eigenvalue weighted by Gasteiger charge is 2.40. The lowest BCUT2D eigenvalue weighted by Gasteiger charge is -2.39. The highest BCUT2D eigenvalue weighted by Crippen LogP contribution is 2.33. The van der Waals surface area contributed by atoms with Crippen LogP contribution in [0.5, 0.6) is 5.75 Å². The molecule has 1 fully saturated rings. The van der Waals surface area contributed by atoms with Crippen LogP contribution in [-0.4, -0.2) is 38.3 Å². The third kappa shape index (κ3) is 2.63. The molecule has 1 amide bonds. The molecule has 3 rings (SSSR count). The first-order chi connectivity index (χ1) is 10.1. The predicted octanol–water partition coefficient (Wildman–Crippen LogP) is 1.48. The molecule has 5 nitrogen and oxygen atoms in total. The van der Waals surface area contributed by atoms with Gasteiger partial charge in [-0.05, 0) is 49.4 Å². The van der Waals surface area contributed by atoms with Crippen LogP contribution in [0.2, 0.25) is 0 Å². The van der Waals surface area contributed by atoms with Crippen molar-refractivity contribution in [3.05, 3.63) is 23.8 Å². The number of hydrogen-bond donors (Lipinski definition) is 1. The van der Waals surface area contributed by atoms with Crippen molar-refractivity contribution in [2.24, 2.45) is 5.73 Å². The van der Waals surface area contributed by atoms with Gasteiger partial charge in [0.1, 0.15) is 11.3 Å². The summed E-state index contributed by atoms with van der Waals surface area (Å²) in [6.07, 6.45) is 3.11. The number of nitrogens with two attached hydrogens (primary N) is 1.